The number of fused-ring (bicyclic) bond motifs is 1. The summed E-state index contributed by atoms with van der Waals surface area (Å²) in [6.45, 7) is 6.86. The van der Waals surface area contributed by atoms with E-state index >= 15 is 0 Å². The van der Waals surface area contributed by atoms with Crippen LogP contribution in [0.15, 0.2) is 35.4 Å². The Bertz CT molecular complexity index is 559. The minimum atomic E-state index is 0.653. The fourth-order valence-corrected chi connectivity index (χ4v) is 3.08. The van der Waals surface area contributed by atoms with Crippen LogP contribution in [-0.4, -0.2) is 15.8 Å². The largest absolute Gasteiger partial charge is 0.347 e. The van der Waals surface area contributed by atoms with Crippen molar-refractivity contribution in [2.45, 2.75) is 51.5 Å². The Kier molecular flexibility index (Phi) is 3.72. The number of aromatic nitrogens is 2. The van der Waals surface area contributed by atoms with E-state index in [1.807, 2.05) is 18.6 Å². The predicted octanol–water partition coefficient (Wildman–Crippen LogP) is 3.33. The third kappa shape index (κ3) is 2.69. The van der Waals surface area contributed by atoms with Crippen molar-refractivity contribution in [3.05, 3.63) is 41.9 Å². The maximum Gasteiger partial charge on any atom is 0.151 e. The van der Waals surface area contributed by atoms with Gasteiger partial charge in [-0.3, -0.25) is 0 Å². The number of nitrogens with one attached hydrogen (secondary N) is 1. The van der Waals surface area contributed by atoms with Crippen LogP contribution < -0.4 is 5.32 Å². The monoisotopic (exact) mass is 270 g/mol. The van der Waals surface area contributed by atoms with E-state index < -0.39 is 0 Å². The van der Waals surface area contributed by atoms with Crippen LogP contribution in [0.2, 0.25) is 0 Å². The maximum absolute atomic E-state index is 4.56. The van der Waals surface area contributed by atoms with Gasteiger partial charge in [0.1, 0.15) is 5.82 Å². The van der Waals surface area contributed by atoms with E-state index in [1.165, 1.54) is 43.4 Å². The number of allylic oxidation sites excluding steroid dienone is 1. The number of aliphatic imine (C=N–C) groups is 1. The van der Waals surface area contributed by atoms with Crippen molar-refractivity contribution in [3.8, 4) is 0 Å². The van der Waals surface area contributed by atoms with Crippen molar-refractivity contribution in [2.24, 2.45) is 4.99 Å². The molecule has 2 aliphatic rings. The lowest BCUT2D eigenvalue weighted by Gasteiger charge is -2.23. The minimum Gasteiger partial charge on any atom is -0.347 e. The first-order chi connectivity index (χ1) is 9.74. The Hall–Kier alpha value is -1.84. The summed E-state index contributed by atoms with van der Waals surface area (Å²) in [7, 11) is 0. The molecule has 0 spiro atoms. The first-order valence-electron chi connectivity index (χ1n) is 7.44. The molecule has 0 saturated heterocycles. The molecule has 0 bridgehead atoms. The van der Waals surface area contributed by atoms with Crippen molar-refractivity contribution < 1.29 is 0 Å². The van der Waals surface area contributed by atoms with E-state index in [0.717, 1.165) is 12.4 Å². The topological polar surface area (TPSA) is 42.2 Å². The average molecular weight is 270 g/mol. The summed E-state index contributed by atoms with van der Waals surface area (Å²) in [5.41, 5.74) is 2.62. The van der Waals surface area contributed by atoms with Gasteiger partial charge in [-0.25, -0.2) is 9.98 Å². The molecule has 1 fully saturated rings. The lowest BCUT2D eigenvalue weighted by atomic mass is 9.87. The summed E-state index contributed by atoms with van der Waals surface area (Å²) < 4.78 is 2.31. The fourth-order valence-electron chi connectivity index (χ4n) is 3.08. The highest BCUT2D eigenvalue weighted by atomic mass is 15.1. The highest BCUT2D eigenvalue weighted by Crippen LogP contribution is 2.33. The van der Waals surface area contributed by atoms with Crippen molar-refractivity contribution >= 4 is 6.21 Å². The Morgan fingerprint density at radius 1 is 1.30 bits per heavy atom. The van der Waals surface area contributed by atoms with Crippen LogP contribution in [-0.2, 0) is 6.54 Å². The van der Waals surface area contributed by atoms with Crippen LogP contribution in [0.25, 0.3) is 0 Å². The number of hydrogen-bond donors (Lipinski definition) is 1. The van der Waals surface area contributed by atoms with Gasteiger partial charge in [0, 0.05) is 30.6 Å². The van der Waals surface area contributed by atoms with Gasteiger partial charge in [-0.05, 0) is 25.3 Å². The van der Waals surface area contributed by atoms with Crippen LogP contribution in [0, 0.1) is 0 Å². The summed E-state index contributed by atoms with van der Waals surface area (Å²) in [6.07, 6.45) is 12.5. The first kappa shape index (κ1) is 13.2. The molecular formula is C16H22N4. The molecule has 2 heterocycles. The summed E-state index contributed by atoms with van der Waals surface area (Å²) in [5.74, 6) is 2.24. The zero-order valence-corrected chi connectivity index (χ0v) is 12.1. The quantitative estimate of drug-likeness (QED) is 0.850. The van der Waals surface area contributed by atoms with Gasteiger partial charge in [-0.1, -0.05) is 25.8 Å². The molecule has 1 N–H and O–H groups in total. The second kappa shape index (κ2) is 5.65. The molecule has 0 unspecified atom stereocenters. The third-order valence-electron chi connectivity index (χ3n) is 4.17. The van der Waals surface area contributed by atoms with E-state index in [1.54, 1.807) is 0 Å². The van der Waals surface area contributed by atoms with Crippen molar-refractivity contribution in [2.75, 3.05) is 0 Å². The lowest BCUT2D eigenvalue weighted by molar-refractivity contribution is 0.426. The van der Waals surface area contributed by atoms with Crippen molar-refractivity contribution in [1.29, 1.82) is 0 Å². The molecule has 106 valence electrons. The van der Waals surface area contributed by atoms with Crippen LogP contribution in [0.1, 0.15) is 56.5 Å². The van der Waals surface area contributed by atoms with Crippen molar-refractivity contribution in [3.63, 3.8) is 0 Å². The van der Waals surface area contributed by atoms with E-state index in [2.05, 4.69) is 33.4 Å². The standard InChI is InChI=1S/C16H22N4/c1-12-8-17-13(2)18-10-16-19-9-15(20(16)11-12)14-6-4-3-5-7-14/h8-10,14,17H,2-7,11H2,1H3/b12-8-,18-10?. The first-order valence-corrected chi connectivity index (χ1v) is 7.44. The zero-order chi connectivity index (χ0) is 13.9. The van der Waals surface area contributed by atoms with Gasteiger partial charge in [0.25, 0.3) is 0 Å². The number of imidazole rings is 1. The molecule has 1 aliphatic heterocycles. The molecule has 20 heavy (non-hydrogen) atoms. The van der Waals surface area contributed by atoms with E-state index in [9.17, 15) is 0 Å². The second-order valence-corrected chi connectivity index (χ2v) is 5.80. The lowest BCUT2D eigenvalue weighted by Crippen LogP contribution is -2.14. The number of rotatable bonds is 1. The molecular weight excluding hydrogens is 248 g/mol. The summed E-state index contributed by atoms with van der Waals surface area (Å²) in [4.78, 5) is 8.88. The molecule has 4 nitrogen and oxygen atoms in total. The normalized spacial score (nSPS) is 23.1. The van der Waals surface area contributed by atoms with Gasteiger partial charge in [-0.15, -0.1) is 0 Å². The van der Waals surface area contributed by atoms with E-state index in [-0.39, 0.29) is 0 Å². The Labute approximate surface area is 120 Å². The Morgan fingerprint density at radius 2 is 2.10 bits per heavy atom. The molecule has 0 atom stereocenters. The molecule has 4 heteroatoms. The van der Waals surface area contributed by atoms with Crippen LogP contribution in [0.5, 0.6) is 0 Å². The Balaban J connectivity index is 1.97. The van der Waals surface area contributed by atoms with Crippen LogP contribution in [0.4, 0.5) is 0 Å². The summed E-state index contributed by atoms with van der Waals surface area (Å²) in [5, 5.41) is 3.10. The molecule has 0 radical (unpaired) electrons. The molecule has 3 rings (SSSR count). The SMILES string of the molecule is C=C1N=Cc2ncc(C3CCCCC3)n2C/C(C)=C\N1. The second-order valence-electron chi connectivity index (χ2n) is 5.80. The summed E-state index contributed by atoms with van der Waals surface area (Å²) in [6, 6.07) is 0. The maximum atomic E-state index is 4.56. The van der Waals surface area contributed by atoms with Gasteiger partial charge in [0.2, 0.25) is 0 Å². The minimum absolute atomic E-state index is 0.653. The number of hydrogen-bond acceptors (Lipinski definition) is 3. The van der Waals surface area contributed by atoms with Crippen LogP contribution >= 0.6 is 0 Å². The van der Waals surface area contributed by atoms with Gasteiger partial charge in [0.15, 0.2) is 5.82 Å². The smallest absolute Gasteiger partial charge is 0.151 e. The molecule has 0 aromatic carbocycles. The van der Waals surface area contributed by atoms with Gasteiger partial charge < -0.3 is 9.88 Å². The van der Waals surface area contributed by atoms with Crippen LogP contribution in [0.3, 0.4) is 0 Å². The third-order valence-corrected chi connectivity index (χ3v) is 4.17. The molecule has 1 aromatic heterocycles. The molecule has 0 amide bonds. The van der Waals surface area contributed by atoms with E-state index in [0.29, 0.717) is 11.7 Å². The van der Waals surface area contributed by atoms with Gasteiger partial charge in [0.05, 0.1) is 6.21 Å². The summed E-state index contributed by atoms with van der Waals surface area (Å²) >= 11 is 0. The zero-order valence-electron chi connectivity index (χ0n) is 12.1. The molecule has 1 saturated carbocycles. The average Bonchev–Trinajstić information content (AvgIpc) is 2.87. The number of nitrogens with zero attached hydrogens (tertiary/aromatic N) is 3. The predicted molar refractivity (Wildman–Crippen MR) is 81.7 cm³/mol. The molecule has 1 aromatic rings. The van der Waals surface area contributed by atoms with Gasteiger partial charge >= 0.3 is 0 Å². The fraction of sp³-hybridized carbons (Fsp3) is 0.500. The Morgan fingerprint density at radius 3 is 2.90 bits per heavy atom. The highest BCUT2D eigenvalue weighted by molar-refractivity contribution is 5.76. The van der Waals surface area contributed by atoms with Crippen molar-refractivity contribution in [1.82, 2.24) is 14.9 Å². The highest BCUT2D eigenvalue weighted by Gasteiger charge is 2.21. The molecule has 1 aliphatic carbocycles. The van der Waals surface area contributed by atoms with E-state index in [4.69, 9.17) is 0 Å². The van der Waals surface area contributed by atoms with Gasteiger partial charge in [-0.2, -0.15) is 0 Å².